The molecule has 2 aromatic carbocycles. The number of aryl methyl sites for hydroxylation is 2. The third-order valence-electron chi connectivity index (χ3n) is 5.58. The van der Waals surface area contributed by atoms with Crippen LogP contribution in [-0.4, -0.2) is 36.8 Å². The maximum atomic E-state index is 13.1. The fourth-order valence-electron chi connectivity index (χ4n) is 4.00. The number of rotatable bonds is 4. The number of halogens is 1. The third kappa shape index (κ3) is 4.09. The summed E-state index contributed by atoms with van der Waals surface area (Å²) in [5.74, 6) is -0.112. The first kappa shape index (κ1) is 20.5. The van der Waals surface area contributed by atoms with E-state index in [0.717, 1.165) is 60.3 Å². The molecule has 2 heterocycles. The summed E-state index contributed by atoms with van der Waals surface area (Å²) in [6.45, 7) is 9.25. The number of benzene rings is 2. The zero-order valence-electron chi connectivity index (χ0n) is 17.5. The van der Waals surface area contributed by atoms with Gasteiger partial charge in [-0.2, -0.15) is 0 Å². The summed E-state index contributed by atoms with van der Waals surface area (Å²) in [4.78, 5) is 15.4. The number of anilines is 2. The second kappa shape index (κ2) is 8.54. The van der Waals surface area contributed by atoms with Crippen LogP contribution >= 0.6 is 11.6 Å². The van der Waals surface area contributed by atoms with Gasteiger partial charge in [0.1, 0.15) is 0 Å². The molecule has 0 radical (unpaired) electrons. The third-order valence-corrected chi connectivity index (χ3v) is 5.81. The first-order valence-electron chi connectivity index (χ1n) is 10.1. The highest BCUT2D eigenvalue weighted by molar-refractivity contribution is 6.30. The number of aromatic nitrogens is 1. The van der Waals surface area contributed by atoms with Crippen LogP contribution in [0.3, 0.4) is 0 Å². The molecule has 1 fully saturated rings. The van der Waals surface area contributed by atoms with E-state index in [-0.39, 0.29) is 5.91 Å². The van der Waals surface area contributed by atoms with E-state index in [9.17, 15) is 4.79 Å². The first-order valence-corrected chi connectivity index (χ1v) is 10.5. The molecule has 0 unspecified atom stereocenters. The van der Waals surface area contributed by atoms with Gasteiger partial charge in [0.2, 0.25) is 0 Å². The van der Waals surface area contributed by atoms with E-state index in [1.807, 2.05) is 57.2 Å². The predicted molar refractivity (Wildman–Crippen MR) is 122 cm³/mol. The summed E-state index contributed by atoms with van der Waals surface area (Å²) < 4.78 is 7.48. The fourth-order valence-corrected chi connectivity index (χ4v) is 4.19. The molecule has 1 N–H and O–H groups in total. The number of carbonyl (C=O) groups is 1. The van der Waals surface area contributed by atoms with Gasteiger partial charge < -0.3 is 19.5 Å². The summed E-state index contributed by atoms with van der Waals surface area (Å²) in [6.07, 6.45) is 0. The van der Waals surface area contributed by atoms with E-state index in [0.29, 0.717) is 10.6 Å². The van der Waals surface area contributed by atoms with Gasteiger partial charge in [0.25, 0.3) is 5.91 Å². The lowest BCUT2D eigenvalue weighted by Crippen LogP contribution is -2.36. The van der Waals surface area contributed by atoms with Crippen molar-refractivity contribution in [2.45, 2.75) is 20.8 Å². The standard InChI is InChI=1S/C24H26ClN3O2/c1-16-13-20(27-9-11-30-12-10-27)7-8-23(16)26-24(29)22-14-17(2)28(18(22)3)21-6-4-5-19(25)15-21/h4-8,13-15H,9-12H2,1-3H3,(H,26,29). The fraction of sp³-hybridized carbons (Fsp3) is 0.292. The Labute approximate surface area is 182 Å². The predicted octanol–water partition coefficient (Wildman–Crippen LogP) is 5.14. The maximum Gasteiger partial charge on any atom is 0.257 e. The van der Waals surface area contributed by atoms with Crippen molar-refractivity contribution >= 4 is 28.9 Å². The summed E-state index contributed by atoms with van der Waals surface area (Å²) in [7, 11) is 0. The maximum absolute atomic E-state index is 13.1. The number of hydrogen-bond donors (Lipinski definition) is 1. The molecule has 3 aromatic rings. The van der Waals surface area contributed by atoms with Crippen LogP contribution in [0.15, 0.2) is 48.5 Å². The van der Waals surface area contributed by atoms with Crippen LogP contribution in [0, 0.1) is 20.8 Å². The second-order valence-electron chi connectivity index (χ2n) is 7.65. The molecule has 1 aromatic heterocycles. The molecule has 5 nitrogen and oxygen atoms in total. The highest BCUT2D eigenvalue weighted by atomic mass is 35.5. The number of amides is 1. The van der Waals surface area contributed by atoms with Crippen LogP contribution in [-0.2, 0) is 4.74 Å². The van der Waals surface area contributed by atoms with E-state index in [4.69, 9.17) is 16.3 Å². The van der Waals surface area contributed by atoms with Crippen molar-refractivity contribution in [1.82, 2.24) is 4.57 Å². The monoisotopic (exact) mass is 423 g/mol. The minimum atomic E-state index is -0.112. The Hall–Kier alpha value is -2.76. The normalized spacial score (nSPS) is 14.1. The van der Waals surface area contributed by atoms with Crippen LogP contribution in [0.25, 0.3) is 5.69 Å². The zero-order chi connectivity index (χ0) is 21.3. The highest BCUT2D eigenvalue weighted by Gasteiger charge is 2.18. The Morgan fingerprint density at radius 3 is 2.47 bits per heavy atom. The lowest BCUT2D eigenvalue weighted by atomic mass is 10.1. The average Bonchev–Trinajstić information content (AvgIpc) is 3.04. The van der Waals surface area contributed by atoms with Crippen molar-refractivity contribution in [3.63, 3.8) is 0 Å². The summed E-state index contributed by atoms with van der Waals surface area (Å²) in [6, 6.07) is 15.7. The largest absolute Gasteiger partial charge is 0.378 e. The summed E-state index contributed by atoms with van der Waals surface area (Å²) in [5.41, 5.74) is 6.49. The van der Waals surface area contributed by atoms with Crippen molar-refractivity contribution < 1.29 is 9.53 Å². The van der Waals surface area contributed by atoms with Gasteiger partial charge >= 0.3 is 0 Å². The van der Waals surface area contributed by atoms with E-state index in [1.54, 1.807) is 0 Å². The van der Waals surface area contributed by atoms with Gasteiger partial charge in [-0.25, -0.2) is 0 Å². The van der Waals surface area contributed by atoms with E-state index in [2.05, 4.69) is 26.9 Å². The van der Waals surface area contributed by atoms with Crippen LogP contribution < -0.4 is 10.2 Å². The van der Waals surface area contributed by atoms with E-state index < -0.39 is 0 Å². The molecule has 1 amide bonds. The molecule has 6 heteroatoms. The number of morpholine rings is 1. The van der Waals surface area contributed by atoms with Crippen LogP contribution in [0.2, 0.25) is 5.02 Å². The van der Waals surface area contributed by atoms with Crippen molar-refractivity contribution in [1.29, 1.82) is 0 Å². The molecule has 156 valence electrons. The van der Waals surface area contributed by atoms with Gasteiger partial charge in [-0.05, 0) is 68.8 Å². The molecule has 0 atom stereocenters. The molecule has 1 aliphatic heterocycles. The van der Waals surface area contributed by atoms with Crippen LogP contribution in [0.5, 0.6) is 0 Å². The van der Waals surface area contributed by atoms with Crippen LogP contribution in [0.1, 0.15) is 27.3 Å². The summed E-state index contributed by atoms with van der Waals surface area (Å²) >= 11 is 6.16. The molecule has 0 spiro atoms. The number of hydrogen-bond acceptors (Lipinski definition) is 3. The molecule has 1 aliphatic rings. The topological polar surface area (TPSA) is 46.5 Å². The Morgan fingerprint density at radius 2 is 1.77 bits per heavy atom. The van der Waals surface area contributed by atoms with E-state index in [1.165, 1.54) is 0 Å². The second-order valence-corrected chi connectivity index (χ2v) is 8.09. The number of nitrogens with one attached hydrogen (secondary N) is 1. The molecule has 4 rings (SSSR count). The lowest BCUT2D eigenvalue weighted by Gasteiger charge is -2.29. The molecule has 0 saturated carbocycles. The van der Waals surface area contributed by atoms with Gasteiger partial charge in [0.05, 0.1) is 18.8 Å². The first-order chi connectivity index (χ1) is 14.4. The minimum absolute atomic E-state index is 0.112. The molecule has 0 aliphatic carbocycles. The zero-order valence-corrected chi connectivity index (χ0v) is 18.3. The molecule has 1 saturated heterocycles. The van der Waals surface area contributed by atoms with Gasteiger partial charge in [-0.1, -0.05) is 17.7 Å². The van der Waals surface area contributed by atoms with E-state index >= 15 is 0 Å². The summed E-state index contributed by atoms with van der Waals surface area (Å²) in [5, 5.41) is 3.75. The molecule has 30 heavy (non-hydrogen) atoms. The smallest absolute Gasteiger partial charge is 0.257 e. The molecular weight excluding hydrogens is 398 g/mol. The van der Waals surface area contributed by atoms with Crippen LogP contribution in [0.4, 0.5) is 11.4 Å². The van der Waals surface area contributed by atoms with Gasteiger partial charge in [0, 0.05) is 46.6 Å². The molecule has 0 bridgehead atoms. The Morgan fingerprint density at radius 1 is 1.00 bits per heavy atom. The van der Waals surface area contributed by atoms with Crippen molar-refractivity contribution in [2.75, 3.05) is 36.5 Å². The minimum Gasteiger partial charge on any atom is -0.378 e. The molecular formula is C24H26ClN3O2. The number of nitrogens with zero attached hydrogens (tertiary/aromatic N) is 2. The van der Waals surface area contributed by atoms with Gasteiger partial charge in [-0.15, -0.1) is 0 Å². The number of ether oxygens (including phenoxy) is 1. The SMILES string of the molecule is Cc1cc(N2CCOCC2)ccc1NC(=O)c1cc(C)n(-c2cccc(Cl)c2)c1C. The number of carbonyl (C=O) groups excluding carboxylic acids is 1. The highest BCUT2D eigenvalue weighted by Crippen LogP contribution is 2.26. The van der Waals surface area contributed by atoms with Crippen molar-refractivity contribution in [2.24, 2.45) is 0 Å². The Balaban J connectivity index is 1.56. The van der Waals surface area contributed by atoms with Crippen molar-refractivity contribution in [3.05, 3.63) is 76.1 Å². The Bertz CT molecular complexity index is 1080. The Kier molecular flexibility index (Phi) is 5.84. The average molecular weight is 424 g/mol. The lowest BCUT2D eigenvalue weighted by molar-refractivity contribution is 0.102. The quantitative estimate of drug-likeness (QED) is 0.631. The van der Waals surface area contributed by atoms with Crippen molar-refractivity contribution in [3.8, 4) is 5.69 Å². The van der Waals surface area contributed by atoms with Gasteiger partial charge in [-0.3, -0.25) is 4.79 Å². The van der Waals surface area contributed by atoms with Gasteiger partial charge in [0.15, 0.2) is 0 Å².